The normalized spacial score (nSPS) is 12.9. The molecule has 0 aliphatic heterocycles. The molecule has 0 aliphatic carbocycles. The van der Waals surface area contributed by atoms with Gasteiger partial charge in [-0.2, -0.15) is 0 Å². The van der Waals surface area contributed by atoms with Crippen molar-refractivity contribution in [2.45, 2.75) is 4.90 Å². The molecule has 0 heterocycles. The number of methoxy groups -OCH3 is 1. The van der Waals surface area contributed by atoms with E-state index in [-0.39, 0.29) is 0 Å². The van der Waals surface area contributed by atoms with E-state index in [0.717, 1.165) is 7.11 Å². The minimum atomic E-state index is -1.87. The van der Waals surface area contributed by atoms with E-state index in [2.05, 4.69) is 4.74 Å². The van der Waals surface area contributed by atoms with Gasteiger partial charge in [-0.1, -0.05) is 18.2 Å². The minimum Gasteiger partial charge on any atom is -0.478 e. The third-order valence-electron chi connectivity index (χ3n) is 1.80. The fourth-order valence-corrected chi connectivity index (χ4v) is 2.17. The molecule has 0 saturated heterocycles. The summed E-state index contributed by atoms with van der Waals surface area (Å²) in [6.07, 6.45) is 0.592. The number of hydrogen-bond acceptors (Lipinski definition) is 4. The number of ether oxygens (including phenoxy) is 1. The summed E-state index contributed by atoms with van der Waals surface area (Å²) in [6.45, 7) is 0. The van der Waals surface area contributed by atoms with Gasteiger partial charge in [-0.25, -0.2) is 13.8 Å². The average Bonchev–Trinajstić information content (AvgIpc) is 2.35. The highest BCUT2D eigenvalue weighted by Gasteiger charge is 2.20. The van der Waals surface area contributed by atoms with Crippen LogP contribution in [0.2, 0.25) is 0 Å². The molecule has 0 aromatic heterocycles. The van der Waals surface area contributed by atoms with Crippen LogP contribution in [0, 0.1) is 0 Å². The van der Waals surface area contributed by atoms with Crippen LogP contribution in [0.5, 0.6) is 0 Å². The summed E-state index contributed by atoms with van der Waals surface area (Å²) in [6, 6.07) is 8.08. The molecule has 17 heavy (non-hydrogen) atoms. The van der Waals surface area contributed by atoms with Crippen LogP contribution >= 0.6 is 0 Å². The van der Waals surface area contributed by atoms with Crippen molar-refractivity contribution in [2.24, 2.45) is 0 Å². The van der Waals surface area contributed by atoms with Crippen LogP contribution in [0.1, 0.15) is 0 Å². The smallest absolute Gasteiger partial charge is 0.347 e. The molecule has 1 unspecified atom stereocenters. The van der Waals surface area contributed by atoms with E-state index in [0.29, 0.717) is 11.0 Å². The van der Waals surface area contributed by atoms with Crippen LogP contribution in [-0.4, -0.2) is 28.4 Å². The Morgan fingerprint density at radius 1 is 1.29 bits per heavy atom. The molecule has 0 bridgehead atoms. The predicted molar refractivity (Wildman–Crippen MR) is 60.6 cm³/mol. The lowest BCUT2D eigenvalue weighted by molar-refractivity contribution is -0.136. The molecule has 0 amide bonds. The Bertz CT molecular complexity index is 478. The van der Waals surface area contributed by atoms with Gasteiger partial charge in [0.05, 0.1) is 17.9 Å². The van der Waals surface area contributed by atoms with E-state index in [1.807, 2.05) is 0 Å². The van der Waals surface area contributed by atoms with E-state index >= 15 is 0 Å². The largest absolute Gasteiger partial charge is 0.478 e. The molecule has 1 atom stereocenters. The molecule has 1 aromatic carbocycles. The van der Waals surface area contributed by atoms with Crippen LogP contribution in [0.25, 0.3) is 0 Å². The van der Waals surface area contributed by atoms with E-state index in [1.54, 1.807) is 18.2 Å². The summed E-state index contributed by atoms with van der Waals surface area (Å²) in [4.78, 5) is 21.8. The highest BCUT2D eigenvalue weighted by molar-refractivity contribution is 7.90. The summed E-state index contributed by atoms with van der Waals surface area (Å²) in [5.74, 6) is -2.27. The standard InChI is InChI=1S/C11H10O5S/c1-16-11(14)9(7-10(12)13)17(15)8-5-3-2-4-6-8/h2-7H,1H3,(H,12,13). The van der Waals surface area contributed by atoms with Gasteiger partial charge in [0, 0.05) is 11.0 Å². The summed E-state index contributed by atoms with van der Waals surface area (Å²) in [5, 5.41) is 8.61. The van der Waals surface area contributed by atoms with Crippen molar-refractivity contribution in [3.8, 4) is 0 Å². The van der Waals surface area contributed by atoms with Crippen molar-refractivity contribution in [1.82, 2.24) is 0 Å². The van der Waals surface area contributed by atoms with Crippen molar-refractivity contribution in [3.05, 3.63) is 41.3 Å². The molecule has 90 valence electrons. The molecule has 1 N–H and O–H groups in total. The SMILES string of the molecule is COC(=O)C(=CC(=O)O)S(=O)c1ccccc1. The first-order valence-corrected chi connectivity index (χ1v) is 5.71. The summed E-state index contributed by atoms with van der Waals surface area (Å²) in [5.41, 5.74) is 0. The first kappa shape index (κ1) is 13.1. The van der Waals surface area contributed by atoms with Gasteiger partial charge < -0.3 is 9.84 Å². The Labute approximate surface area is 100 Å². The zero-order valence-electron chi connectivity index (χ0n) is 8.95. The monoisotopic (exact) mass is 254 g/mol. The molecule has 0 spiro atoms. The van der Waals surface area contributed by atoms with Crippen LogP contribution < -0.4 is 0 Å². The van der Waals surface area contributed by atoms with Gasteiger partial charge in [0.25, 0.3) is 0 Å². The maximum absolute atomic E-state index is 12.0. The molecule has 1 aromatic rings. The fourth-order valence-electron chi connectivity index (χ4n) is 1.07. The summed E-state index contributed by atoms with van der Waals surface area (Å²) in [7, 11) is -0.769. The maximum atomic E-state index is 12.0. The molecule has 5 nitrogen and oxygen atoms in total. The Morgan fingerprint density at radius 3 is 2.35 bits per heavy atom. The number of carbonyl (C=O) groups is 2. The van der Waals surface area contributed by atoms with Crippen molar-refractivity contribution < 1.29 is 23.6 Å². The quantitative estimate of drug-likeness (QED) is 0.638. The van der Waals surface area contributed by atoms with E-state index in [4.69, 9.17) is 5.11 Å². The minimum absolute atomic E-state index is 0.338. The van der Waals surface area contributed by atoms with Crippen LogP contribution in [0.3, 0.4) is 0 Å². The lowest BCUT2D eigenvalue weighted by Crippen LogP contribution is -2.12. The van der Waals surface area contributed by atoms with Crippen molar-refractivity contribution >= 4 is 22.7 Å². The Morgan fingerprint density at radius 2 is 1.88 bits per heavy atom. The van der Waals surface area contributed by atoms with Crippen molar-refractivity contribution in [1.29, 1.82) is 0 Å². The van der Waals surface area contributed by atoms with E-state index in [9.17, 15) is 13.8 Å². The third kappa shape index (κ3) is 3.53. The van der Waals surface area contributed by atoms with Crippen LogP contribution in [0.4, 0.5) is 0 Å². The summed E-state index contributed by atoms with van der Waals surface area (Å²) < 4.78 is 16.4. The second-order valence-corrected chi connectivity index (χ2v) is 4.37. The number of esters is 1. The zero-order chi connectivity index (χ0) is 12.8. The van der Waals surface area contributed by atoms with Gasteiger partial charge in [-0.3, -0.25) is 0 Å². The first-order valence-electron chi connectivity index (χ1n) is 4.56. The lowest BCUT2D eigenvalue weighted by Gasteiger charge is -2.04. The Kier molecular flexibility index (Phi) is 4.59. The zero-order valence-corrected chi connectivity index (χ0v) is 9.77. The molecular weight excluding hydrogens is 244 g/mol. The second kappa shape index (κ2) is 5.95. The van der Waals surface area contributed by atoms with Gasteiger partial charge in [-0.05, 0) is 12.1 Å². The Balaban J connectivity index is 3.13. The molecule has 0 radical (unpaired) electrons. The van der Waals surface area contributed by atoms with E-state index < -0.39 is 27.6 Å². The molecule has 0 fully saturated rings. The highest BCUT2D eigenvalue weighted by atomic mass is 32.2. The third-order valence-corrected chi connectivity index (χ3v) is 3.18. The lowest BCUT2D eigenvalue weighted by atomic mass is 10.4. The van der Waals surface area contributed by atoms with Gasteiger partial charge >= 0.3 is 11.9 Å². The molecule has 6 heteroatoms. The van der Waals surface area contributed by atoms with Crippen molar-refractivity contribution in [2.75, 3.05) is 7.11 Å². The Hall–Kier alpha value is -1.95. The number of benzene rings is 1. The number of carboxylic acids is 1. The molecule has 0 aliphatic rings. The topological polar surface area (TPSA) is 80.7 Å². The van der Waals surface area contributed by atoms with Crippen molar-refractivity contribution in [3.63, 3.8) is 0 Å². The van der Waals surface area contributed by atoms with Gasteiger partial charge in [0.1, 0.15) is 4.91 Å². The van der Waals surface area contributed by atoms with Gasteiger partial charge in [0.15, 0.2) is 0 Å². The number of carboxylic acid groups (broad SMARTS) is 1. The number of carbonyl (C=O) groups excluding carboxylic acids is 1. The number of hydrogen-bond donors (Lipinski definition) is 1. The maximum Gasteiger partial charge on any atom is 0.347 e. The summed E-state index contributed by atoms with van der Waals surface area (Å²) >= 11 is 0. The fraction of sp³-hybridized carbons (Fsp3) is 0.0909. The van der Waals surface area contributed by atoms with Gasteiger partial charge in [0.2, 0.25) is 0 Å². The molecule has 1 rings (SSSR count). The molecule has 0 saturated carbocycles. The van der Waals surface area contributed by atoms with Crippen LogP contribution in [-0.2, 0) is 25.1 Å². The first-order chi connectivity index (χ1) is 8.06. The average molecular weight is 254 g/mol. The second-order valence-electron chi connectivity index (χ2n) is 2.92. The molecular formula is C11H10O5S. The number of aliphatic carboxylic acids is 1. The number of rotatable bonds is 4. The van der Waals surface area contributed by atoms with Crippen LogP contribution in [0.15, 0.2) is 46.2 Å². The predicted octanol–water partition coefficient (Wildman–Crippen LogP) is 0.936. The van der Waals surface area contributed by atoms with Gasteiger partial charge in [-0.15, -0.1) is 0 Å². The highest BCUT2D eigenvalue weighted by Crippen LogP contribution is 2.15. The van der Waals surface area contributed by atoms with E-state index in [1.165, 1.54) is 12.1 Å².